The number of para-hydroxylation sites is 1. The van der Waals surface area contributed by atoms with Gasteiger partial charge in [0.15, 0.2) is 0 Å². The van der Waals surface area contributed by atoms with Crippen LogP contribution in [0.15, 0.2) is 72.9 Å². The molecule has 0 saturated carbocycles. The lowest BCUT2D eigenvalue weighted by Crippen LogP contribution is -2.45. The van der Waals surface area contributed by atoms with Crippen LogP contribution in [-0.4, -0.2) is 53.1 Å². The first-order valence-corrected chi connectivity index (χ1v) is 11.3. The number of hydrogen-bond donors (Lipinski definition) is 1. The van der Waals surface area contributed by atoms with Gasteiger partial charge in [0.25, 0.3) is 0 Å². The number of urea groups is 1. The molecule has 3 aromatic rings. The van der Waals surface area contributed by atoms with E-state index in [9.17, 15) is 22.8 Å². The molecular formula is C26H29F3N4O3. The van der Waals surface area contributed by atoms with Crippen molar-refractivity contribution in [3.63, 3.8) is 0 Å². The van der Waals surface area contributed by atoms with Crippen molar-refractivity contribution in [1.82, 2.24) is 14.4 Å². The fourth-order valence-corrected chi connectivity index (χ4v) is 3.64. The van der Waals surface area contributed by atoms with Crippen LogP contribution < -0.4 is 5.32 Å². The van der Waals surface area contributed by atoms with Gasteiger partial charge in [-0.25, -0.2) is 4.79 Å². The van der Waals surface area contributed by atoms with Crippen molar-refractivity contribution in [2.45, 2.75) is 19.3 Å². The predicted octanol–water partition coefficient (Wildman–Crippen LogP) is 4.75. The zero-order chi connectivity index (χ0) is 26.1. The number of methoxy groups -OCH3 is 1. The van der Waals surface area contributed by atoms with E-state index in [-0.39, 0.29) is 31.3 Å². The Hall–Kier alpha value is -3.79. The second-order valence-electron chi connectivity index (χ2n) is 8.23. The van der Waals surface area contributed by atoms with E-state index < -0.39 is 17.8 Å². The van der Waals surface area contributed by atoms with Gasteiger partial charge in [0.05, 0.1) is 24.4 Å². The van der Waals surface area contributed by atoms with Crippen molar-refractivity contribution in [2.75, 3.05) is 32.1 Å². The number of nitrogens with zero attached hydrogens (tertiary/aromatic N) is 3. The van der Waals surface area contributed by atoms with E-state index >= 15 is 0 Å². The van der Waals surface area contributed by atoms with Crippen LogP contribution in [0.4, 0.5) is 23.7 Å². The molecule has 0 aliphatic heterocycles. The molecule has 192 valence electrons. The third-order valence-corrected chi connectivity index (χ3v) is 5.63. The topological polar surface area (TPSA) is 66.8 Å². The summed E-state index contributed by atoms with van der Waals surface area (Å²) in [6, 6.07) is 17.1. The van der Waals surface area contributed by atoms with Crippen LogP contribution in [0.2, 0.25) is 0 Å². The van der Waals surface area contributed by atoms with Crippen LogP contribution >= 0.6 is 0 Å². The fourth-order valence-electron chi connectivity index (χ4n) is 3.64. The summed E-state index contributed by atoms with van der Waals surface area (Å²) < 4.78 is 47.1. The van der Waals surface area contributed by atoms with E-state index in [1.807, 2.05) is 60.3 Å². The summed E-state index contributed by atoms with van der Waals surface area (Å²) in [6.45, 7) is 0.402. The van der Waals surface area contributed by atoms with Gasteiger partial charge in [0.2, 0.25) is 5.91 Å². The van der Waals surface area contributed by atoms with Crippen LogP contribution in [0.25, 0.3) is 0 Å². The minimum absolute atomic E-state index is 0.0194. The number of rotatable bonds is 10. The summed E-state index contributed by atoms with van der Waals surface area (Å²) in [6.07, 6.45) is -2.77. The van der Waals surface area contributed by atoms with Crippen molar-refractivity contribution in [3.05, 3.63) is 89.7 Å². The predicted molar refractivity (Wildman–Crippen MR) is 130 cm³/mol. The summed E-state index contributed by atoms with van der Waals surface area (Å²) in [5.74, 6) is -0.351. The molecule has 1 aromatic heterocycles. The van der Waals surface area contributed by atoms with Crippen LogP contribution in [0.3, 0.4) is 0 Å². The summed E-state index contributed by atoms with van der Waals surface area (Å²) in [4.78, 5) is 29.2. The molecule has 7 nitrogen and oxygen atoms in total. The molecule has 0 bridgehead atoms. The van der Waals surface area contributed by atoms with E-state index in [1.54, 1.807) is 4.90 Å². The molecular weight excluding hydrogens is 473 g/mol. The first-order valence-electron chi connectivity index (χ1n) is 11.3. The molecule has 36 heavy (non-hydrogen) atoms. The first kappa shape index (κ1) is 26.8. The second kappa shape index (κ2) is 12.3. The number of nitrogens with one attached hydrogen (secondary N) is 1. The zero-order valence-electron chi connectivity index (χ0n) is 20.2. The number of alkyl halides is 3. The largest absolute Gasteiger partial charge is 0.418 e. The van der Waals surface area contributed by atoms with Crippen molar-refractivity contribution in [3.8, 4) is 0 Å². The fraction of sp³-hybridized carbons (Fsp3) is 0.308. The number of ether oxygens (including phenoxy) is 1. The monoisotopic (exact) mass is 502 g/mol. The van der Waals surface area contributed by atoms with Crippen LogP contribution in [-0.2, 0) is 35.8 Å². The molecule has 10 heteroatoms. The quantitative estimate of drug-likeness (QED) is 0.435. The average molecular weight is 503 g/mol. The standard InChI is InChI=1S/C26H29F3N4O3/c1-31-14-8-11-21(31)18-33(17-20-9-4-3-5-10-20)24(34)19-32(15-16-36-2)25(35)30-23-13-7-6-12-22(23)26(27,28)29/h3-14H,15-19H2,1-2H3,(H,30,35). The molecule has 0 aliphatic carbocycles. The highest BCUT2D eigenvalue weighted by Gasteiger charge is 2.34. The number of carbonyl (C=O) groups is 2. The number of anilines is 1. The highest BCUT2D eigenvalue weighted by atomic mass is 19.4. The van der Waals surface area contributed by atoms with Gasteiger partial charge < -0.3 is 24.4 Å². The third-order valence-electron chi connectivity index (χ3n) is 5.63. The van der Waals surface area contributed by atoms with E-state index in [0.29, 0.717) is 13.1 Å². The lowest BCUT2D eigenvalue weighted by atomic mass is 10.1. The lowest BCUT2D eigenvalue weighted by Gasteiger charge is -2.28. The van der Waals surface area contributed by atoms with Crippen molar-refractivity contribution >= 4 is 17.6 Å². The SMILES string of the molecule is COCCN(CC(=O)N(Cc1ccccc1)Cc1cccn1C)C(=O)Nc1ccccc1C(F)(F)F. The molecule has 1 heterocycles. The number of aromatic nitrogens is 1. The third kappa shape index (κ3) is 7.35. The molecule has 0 fully saturated rings. The Morgan fingerprint density at radius 2 is 1.64 bits per heavy atom. The van der Waals surface area contributed by atoms with Gasteiger partial charge in [-0.05, 0) is 29.8 Å². The average Bonchev–Trinajstić information content (AvgIpc) is 3.25. The Morgan fingerprint density at radius 1 is 0.944 bits per heavy atom. The zero-order valence-corrected chi connectivity index (χ0v) is 20.2. The molecule has 3 rings (SSSR count). The normalized spacial score (nSPS) is 11.2. The van der Waals surface area contributed by atoms with Crippen LogP contribution in [0.1, 0.15) is 16.8 Å². The number of carbonyl (C=O) groups excluding carboxylic acids is 2. The number of amides is 3. The van der Waals surface area contributed by atoms with Crippen molar-refractivity contribution in [2.24, 2.45) is 7.05 Å². The molecule has 3 amide bonds. The van der Waals surface area contributed by atoms with E-state index in [0.717, 1.165) is 22.2 Å². The summed E-state index contributed by atoms with van der Waals surface area (Å²) in [5, 5.41) is 2.31. The van der Waals surface area contributed by atoms with Crippen molar-refractivity contribution < 1.29 is 27.5 Å². The Kier molecular flexibility index (Phi) is 9.13. The van der Waals surface area contributed by atoms with Gasteiger partial charge in [0.1, 0.15) is 6.54 Å². The maximum atomic E-state index is 13.4. The summed E-state index contributed by atoms with van der Waals surface area (Å²) in [7, 11) is 3.31. The highest BCUT2D eigenvalue weighted by molar-refractivity contribution is 5.93. The van der Waals surface area contributed by atoms with Gasteiger partial charge in [-0.15, -0.1) is 0 Å². The Labute approximate surface area is 208 Å². The molecule has 0 saturated heterocycles. The number of aryl methyl sites for hydroxylation is 1. The number of hydrogen-bond acceptors (Lipinski definition) is 3. The first-order chi connectivity index (χ1) is 17.2. The van der Waals surface area contributed by atoms with Gasteiger partial charge in [-0.3, -0.25) is 4.79 Å². The smallest absolute Gasteiger partial charge is 0.383 e. The molecule has 0 unspecified atom stereocenters. The molecule has 2 aromatic carbocycles. The summed E-state index contributed by atoms with van der Waals surface area (Å²) >= 11 is 0. The van der Waals surface area contributed by atoms with Crippen LogP contribution in [0.5, 0.6) is 0 Å². The van der Waals surface area contributed by atoms with Gasteiger partial charge in [0, 0.05) is 39.1 Å². The minimum atomic E-state index is -4.64. The minimum Gasteiger partial charge on any atom is -0.383 e. The molecule has 0 spiro atoms. The van der Waals surface area contributed by atoms with Crippen LogP contribution in [0, 0.1) is 0 Å². The Bertz CT molecular complexity index is 1150. The number of halogens is 3. The second-order valence-corrected chi connectivity index (χ2v) is 8.23. The lowest BCUT2D eigenvalue weighted by molar-refractivity contribution is -0.137. The Morgan fingerprint density at radius 3 is 2.28 bits per heavy atom. The molecule has 0 radical (unpaired) electrons. The van der Waals surface area contributed by atoms with E-state index in [2.05, 4.69) is 5.32 Å². The molecule has 1 N–H and O–H groups in total. The maximum absolute atomic E-state index is 13.4. The summed E-state index contributed by atoms with van der Waals surface area (Å²) in [5.41, 5.74) is 0.457. The van der Waals surface area contributed by atoms with Gasteiger partial charge >= 0.3 is 12.2 Å². The van der Waals surface area contributed by atoms with E-state index in [4.69, 9.17) is 4.74 Å². The number of benzene rings is 2. The molecule has 0 aliphatic rings. The van der Waals surface area contributed by atoms with Gasteiger partial charge in [-0.1, -0.05) is 42.5 Å². The molecule has 0 atom stereocenters. The van der Waals surface area contributed by atoms with Gasteiger partial charge in [-0.2, -0.15) is 13.2 Å². The van der Waals surface area contributed by atoms with E-state index in [1.165, 1.54) is 25.3 Å². The highest BCUT2D eigenvalue weighted by Crippen LogP contribution is 2.34. The Balaban J connectivity index is 1.80. The maximum Gasteiger partial charge on any atom is 0.418 e. The van der Waals surface area contributed by atoms with Crippen molar-refractivity contribution in [1.29, 1.82) is 0 Å².